The molecule has 1 saturated heterocycles. The van der Waals surface area contributed by atoms with Gasteiger partial charge >= 0.3 is 0 Å². The first-order chi connectivity index (χ1) is 14.4. The number of anilines is 1. The molecule has 1 saturated carbocycles. The van der Waals surface area contributed by atoms with E-state index in [1.54, 1.807) is 12.1 Å². The Balaban J connectivity index is 1.44. The Labute approximate surface area is 178 Å². The van der Waals surface area contributed by atoms with Crippen LogP contribution < -0.4 is 14.9 Å². The van der Waals surface area contributed by atoms with Gasteiger partial charge in [0.15, 0.2) is 0 Å². The van der Waals surface area contributed by atoms with Crippen LogP contribution in [0.3, 0.4) is 0 Å². The van der Waals surface area contributed by atoms with E-state index in [-0.39, 0.29) is 16.8 Å². The van der Waals surface area contributed by atoms with E-state index in [0.29, 0.717) is 12.1 Å². The van der Waals surface area contributed by atoms with Crippen molar-refractivity contribution in [3.63, 3.8) is 0 Å². The molecule has 4 rings (SSSR count). The fraction of sp³-hybridized carbons (Fsp3) is 0.409. The van der Waals surface area contributed by atoms with Gasteiger partial charge < -0.3 is 15.1 Å². The number of carbonyl (C=O) groups is 1. The number of rotatable bonds is 7. The summed E-state index contributed by atoms with van der Waals surface area (Å²) in [6, 6.07) is 14.3. The number of likely N-dealkylation sites (N-methyl/N-ethyl adjacent to an activating group) is 1. The zero-order valence-electron chi connectivity index (χ0n) is 17.2. The fourth-order valence-electron chi connectivity index (χ4n) is 3.59. The minimum Gasteiger partial charge on any atom is -0.369 e. The second-order valence-electron chi connectivity index (χ2n) is 8.03. The molecule has 0 spiro atoms. The molecule has 2 fully saturated rings. The third-order valence-electron chi connectivity index (χ3n) is 5.58. The molecule has 2 N–H and O–H groups in total. The molecule has 0 unspecified atom stereocenters. The van der Waals surface area contributed by atoms with Gasteiger partial charge in [0.05, 0.1) is 4.90 Å². The summed E-state index contributed by atoms with van der Waals surface area (Å²) in [5.74, 6) is -0.286. The monoisotopic (exact) mass is 428 g/mol. The first-order valence-electron chi connectivity index (χ1n) is 10.3. The Hall–Kier alpha value is -2.42. The van der Waals surface area contributed by atoms with Crippen LogP contribution in [0.25, 0.3) is 0 Å². The molecule has 160 valence electrons. The van der Waals surface area contributed by atoms with Crippen LogP contribution in [0, 0.1) is 0 Å². The summed E-state index contributed by atoms with van der Waals surface area (Å²) in [4.78, 5) is 17.5. The minimum atomic E-state index is -3.59. The average Bonchev–Trinajstić information content (AvgIpc) is 3.56. The molecule has 2 aromatic carbocycles. The van der Waals surface area contributed by atoms with Crippen LogP contribution in [0.15, 0.2) is 53.4 Å². The van der Waals surface area contributed by atoms with Crippen LogP contribution >= 0.6 is 0 Å². The normalized spacial score (nSPS) is 17.7. The topological polar surface area (TPSA) is 81.8 Å². The first kappa shape index (κ1) is 20.8. The molecule has 1 heterocycles. The molecular weight excluding hydrogens is 400 g/mol. The summed E-state index contributed by atoms with van der Waals surface area (Å²) in [6.45, 7) is 4.32. The van der Waals surface area contributed by atoms with E-state index >= 15 is 0 Å². The zero-order valence-corrected chi connectivity index (χ0v) is 18.0. The quantitative estimate of drug-likeness (QED) is 0.703. The average molecular weight is 429 g/mol. The largest absolute Gasteiger partial charge is 0.369 e. The Morgan fingerprint density at radius 2 is 1.77 bits per heavy atom. The number of benzene rings is 2. The van der Waals surface area contributed by atoms with E-state index in [2.05, 4.69) is 33.0 Å². The number of nitrogens with one attached hydrogen (secondary N) is 2. The predicted molar refractivity (Wildman–Crippen MR) is 117 cm³/mol. The van der Waals surface area contributed by atoms with Gasteiger partial charge in [-0.25, -0.2) is 13.1 Å². The maximum atomic E-state index is 12.7. The van der Waals surface area contributed by atoms with Crippen LogP contribution in [0.4, 0.5) is 5.69 Å². The van der Waals surface area contributed by atoms with Gasteiger partial charge in [-0.2, -0.15) is 0 Å². The van der Waals surface area contributed by atoms with Gasteiger partial charge in [-0.3, -0.25) is 4.79 Å². The summed E-state index contributed by atoms with van der Waals surface area (Å²) in [5.41, 5.74) is 2.52. The third kappa shape index (κ3) is 5.00. The number of nitrogens with zero attached hydrogens (tertiary/aromatic N) is 2. The lowest BCUT2D eigenvalue weighted by atomic mass is 10.1. The van der Waals surface area contributed by atoms with Crippen molar-refractivity contribution >= 4 is 21.6 Å². The van der Waals surface area contributed by atoms with E-state index in [9.17, 15) is 13.2 Å². The Kier molecular flexibility index (Phi) is 6.08. The van der Waals surface area contributed by atoms with Crippen molar-refractivity contribution in [3.05, 3.63) is 59.7 Å². The maximum absolute atomic E-state index is 12.7. The molecule has 1 aliphatic heterocycles. The SMILES string of the molecule is CN1CCN(c2ccccc2CNC(=O)c2cccc(S(=O)(=O)NC3CC3)c2)CC1. The first-order valence-corrected chi connectivity index (χ1v) is 11.8. The van der Waals surface area contributed by atoms with E-state index < -0.39 is 10.0 Å². The van der Waals surface area contributed by atoms with E-state index in [1.165, 1.54) is 12.1 Å². The number of hydrogen-bond donors (Lipinski definition) is 2. The summed E-state index contributed by atoms with van der Waals surface area (Å²) in [6.07, 6.45) is 1.73. The van der Waals surface area contributed by atoms with Crippen LogP contribution in [-0.4, -0.2) is 58.5 Å². The van der Waals surface area contributed by atoms with Gasteiger partial charge in [-0.1, -0.05) is 24.3 Å². The highest BCUT2D eigenvalue weighted by molar-refractivity contribution is 7.89. The number of amides is 1. The predicted octanol–water partition coefficient (Wildman–Crippen LogP) is 1.81. The van der Waals surface area contributed by atoms with E-state index in [1.807, 2.05) is 18.2 Å². The number of sulfonamides is 1. The molecule has 2 aromatic rings. The lowest BCUT2D eigenvalue weighted by molar-refractivity contribution is 0.0950. The Morgan fingerprint density at radius 3 is 2.50 bits per heavy atom. The highest BCUT2D eigenvalue weighted by atomic mass is 32.2. The zero-order chi connectivity index (χ0) is 21.1. The molecular formula is C22H28N4O3S. The molecule has 0 radical (unpaired) electrons. The van der Waals surface area contributed by atoms with Gasteiger partial charge in [-0.05, 0) is 49.7 Å². The summed E-state index contributed by atoms with van der Waals surface area (Å²) < 4.78 is 27.5. The van der Waals surface area contributed by atoms with Crippen molar-refractivity contribution in [1.29, 1.82) is 0 Å². The summed E-state index contributed by atoms with van der Waals surface area (Å²) >= 11 is 0. The summed E-state index contributed by atoms with van der Waals surface area (Å²) in [5, 5.41) is 2.94. The Morgan fingerprint density at radius 1 is 1.03 bits per heavy atom. The van der Waals surface area contributed by atoms with Gasteiger partial charge in [0, 0.05) is 50.0 Å². The van der Waals surface area contributed by atoms with Crippen LogP contribution in [0.1, 0.15) is 28.8 Å². The number of para-hydroxylation sites is 1. The second kappa shape index (κ2) is 8.75. The van der Waals surface area contributed by atoms with Gasteiger partial charge in [0.2, 0.25) is 10.0 Å². The van der Waals surface area contributed by atoms with E-state index in [0.717, 1.165) is 50.3 Å². The molecule has 1 aliphatic carbocycles. The van der Waals surface area contributed by atoms with Gasteiger partial charge in [0.25, 0.3) is 5.91 Å². The number of carbonyl (C=O) groups excluding carboxylic acids is 1. The molecule has 0 aromatic heterocycles. The highest BCUT2D eigenvalue weighted by Gasteiger charge is 2.28. The van der Waals surface area contributed by atoms with Crippen molar-refractivity contribution in [1.82, 2.24) is 14.9 Å². The van der Waals surface area contributed by atoms with Crippen molar-refractivity contribution in [2.24, 2.45) is 0 Å². The second-order valence-corrected chi connectivity index (χ2v) is 9.74. The molecule has 0 atom stereocenters. The van der Waals surface area contributed by atoms with Crippen molar-refractivity contribution < 1.29 is 13.2 Å². The molecule has 2 aliphatic rings. The number of piperazine rings is 1. The van der Waals surface area contributed by atoms with Gasteiger partial charge in [0.1, 0.15) is 0 Å². The van der Waals surface area contributed by atoms with Crippen molar-refractivity contribution in [2.75, 3.05) is 38.1 Å². The third-order valence-corrected chi connectivity index (χ3v) is 7.10. The van der Waals surface area contributed by atoms with Gasteiger partial charge in [-0.15, -0.1) is 0 Å². The van der Waals surface area contributed by atoms with Crippen molar-refractivity contribution in [2.45, 2.75) is 30.3 Å². The highest BCUT2D eigenvalue weighted by Crippen LogP contribution is 2.23. The fourth-order valence-corrected chi connectivity index (χ4v) is 4.94. The Bertz CT molecular complexity index is 1010. The lowest BCUT2D eigenvalue weighted by Gasteiger charge is -2.35. The maximum Gasteiger partial charge on any atom is 0.251 e. The molecule has 1 amide bonds. The lowest BCUT2D eigenvalue weighted by Crippen LogP contribution is -2.45. The van der Waals surface area contributed by atoms with Crippen molar-refractivity contribution in [3.8, 4) is 0 Å². The van der Waals surface area contributed by atoms with E-state index in [4.69, 9.17) is 0 Å². The smallest absolute Gasteiger partial charge is 0.251 e. The van der Waals surface area contributed by atoms with Crippen LogP contribution in [-0.2, 0) is 16.6 Å². The molecule has 30 heavy (non-hydrogen) atoms. The number of hydrogen-bond acceptors (Lipinski definition) is 5. The molecule has 8 heteroatoms. The minimum absolute atomic E-state index is 0.0264. The molecule has 0 bridgehead atoms. The standard InChI is InChI=1S/C22H28N4O3S/c1-25-11-13-26(14-12-25)21-8-3-2-5-18(21)16-23-22(27)17-6-4-7-20(15-17)30(28,29)24-19-9-10-19/h2-8,15,19,24H,9-14,16H2,1H3,(H,23,27). The summed E-state index contributed by atoms with van der Waals surface area (Å²) in [7, 11) is -1.46. The molecule has 7 nitrogen and oxygen atoms in total. The van der Waals surface area contributed by atoms with Crippen LogP contribution in [0.2, 0.25) is 0 Å². The van der Waals surface area contributed by atoms with Crippen LogP contribution in [0.5, 0.6) is 0 Å².